The Morgan fingerprint density at radius 2 is 2.05 bits per heavy atom. The minimum Gasteiger partial charge on any atom is -0.466 e. The summed E-state index contributed by atoms with van der Waals surface area (Å²) in [6.07, 6.45) is 6.34. The van der Waals surface area contributed by atoms with Crippen LogP contribution in [0.3, 0.4) is 0 Å². The standard InChI is InChI=1S/C13H13N3O2S/c1-8(4-11(17)18-3)13-12(16-9(2)19-13)10-5-14-7-15-6-10/h4-7H,1-3H3/b8-4+. The maximum Gasteiger partial charge on any atom is 0.330 e. The van der Waals surface area contributed by atoms with Crippen LogP contribution in [0.4, 0.5) is 0 Å². The molecule has 0 bridgehead atoms. The number of aromatic nitrogens is 3. The molecule has 0 aromatic carbocycles. The number of carbonyl (C=O) groups is 1. The van der Waals surface area contributed by atoms with E-state index in [0.29, 0.717) is 0 Å². The third-order valence-electron chi connectivity index (χ3n) is 2.46. The minimum atomic E-state index is -0.376. The third-order valence-corrected chi connectivity index (χ3v) is 3.57. The van der Waals surface area contributed by atoms with E-state index >= 15 is 0 Å². The number of carbonyl (C=O) groups excluding carboxylic acids is 1. The SMILES string of the molecule is COC(=O)/C=C(\C)c1sc(C)nc1-c1cncnc1. The van der Waals surface area contributed by atoms with Crippen LogP contribution in [0.15, 0.2) is 24.8 Å². The third kappa shape index (κ3) is 3.03. The zero-order valence-electron chi connectivity index (χ0n) is 10.9. The average molecular weight is 275 g/mol. The molecule has 0 N–H and O–H groups in total. The summed E-state index contributed by atoms with van der Waals surface area (Å²) in [5.74, 6) is -0.376. The van der Waals surface area contributed by atoms with Crippen LogP contribution < -0.4 is 0 Å². The first-order valence-electron chi connectivity index (χ1n) is 5.61. The number of allylic oxidation sites excluding steroid dienone is 1. The van der Waals surface area contributed by atoms with Crippen molar-refractivity contribution in [1.29, 1.82) is 0 Å². The van der Waals surface area contributed by atoms with Crippen LogP contribution in [0.1, 0.15) is 16.8 Å². The lowest BCUT2D eigenvalue weighted by atomic mass is 10.1. The smallest absolute Gasteiger partial charge is 0.330 e. The highest BCUT2D eigenvalue weighted by atomic mass is 32.1. The van der Waals surface area contributed by atoms with Gasteiger partial charge < -0.3 is 4.74 Å². The number of ether oxygens (including phenoxy) is 1. The van der Waals surface area contributed by atoms with E-state index < -0.39 is 0 Å². The molecule has 2 heterocycles. The number of methoxy groups -OCH3 is 1. The molecule has 6 heteroatoms. The van der Waals surface area contributed by atoms with Gasteiger partial charge in [0.1, 0.15) is 6.33 Å². The molecule has 2 rings (SSSR count). The maximum atomic E-state index is 11.3. The van der Waals surface area contributed by atoms with Gasteiger partial charge in [-0.05, 0) is 19.4 Å². The van der Waals surface area contributed by atoms with E-state index in [2.05, 4.69) is 19.7 Å². The van der Waals surface area contributed by atoms with Gasteiger partial charge in [-0.2, -0.15) is 0 Å². The van der Waals surface area contributed by atoms with Crippen molar-refractivity contribution in [1.82, 2.24) is 15.0 Å². The van der Waals surface area contributed by atoms with Gasteiger partial charge >= 0.3 is 5.97 Å². The number of nitrogens with zero attached hydrogens (tertiary/aromatic N) is 3. The van der Waals surface area contributed by atoms with Gasteiger partial charge in [0.05, 0.1) is 22.7 Å². The van der Waals surface area contributed by atoms with E-state index in [1.54, 1.807) is 12.4 Å². The van der Waals surface area contributed by atoms with E-state index in [1.165, 1.54) is 30.8 Å². The van der Waals surface area contributed by atoms with Crippen LogP contribution in [-0.4, -0.2) is 28.0 Å². The molecule has 0 unspecified atom stereocenters. The van der Waals surface area contributed by atoms with Crippen molar-refractivity contribution in [2.45, 2.75) is 13.8 Å². The van der Waals surface area contributed by atoms with E-state index in [-0.39, 0.29) is 5.97 Å². The Morgan fingerprint density at radius 1 is 1.37 bits per heavy atom. The summed E-state index contributed by atoms with van der Waals surface area (Å²) >= 11 is 1.53. The second-order valence-corrected chi connectivity index (χ2v) is 5.09. The summed E-state index contributed by atoms with van der Waals surface area (Å²) < 4.78 is 4.64. The molecular weight excluding hydrogens is 262 g/mol. The van der Waals surface area contributed by atoms with Crippen molar-refractivity contribution < 1.29 is 9.53 Å². The number of esters is 1. The van der Waals surface area contributed by atoms with E-state index in [0.717, 1.165) is 26.7 Å². The second-order valence-electron chi connectivity index (χ2n) is 3.89. The molecule has 0 aliphatic rings. The number of hydrogen-bond donors (Lipinski definition) is 0. The predicted molar refractivity (Wildman–Crippen MR) is 73.5 cm³/mol. The summed E-state index contributed by atoms with van der Waals surface area (Å²) in [6, 6.07) is 0. The first-order chi connectivity index (χ1) is 9.11. The van der Waals surface area contributed by atoms with Crippen LogP contribution in [0, 0.1) is 6.92 Å². The molecule has 98 valence electrons. The van der Waals surface area contributed by atoms with E-state index in [9.17, 15) is 4.79 Å². The summed E-state index contributed by atoms with van der Waals surface area (Å²) in [5, 5.41) is 0.923. The van der Waals surface area contributed by atoms with Gasteiger partial charge in [0.25, 0.3) is 0 Å². The zero-order chi connectivity index (χ0) is 13.8. The molecule has 0 saturated heterocycles. The molecule has 0 aliphatic heterocycles. The van der Waals surface area contributed by atoms with Crippen molar-refractivity contribution >= 4 is 22.9 Å². The average Bonchev–Trinajstić information content (AvgIpc) is 2.82. The molecule has 5 nitrogen and oxygen atoms in total. The Hall–Kier alpha value is -2.08. The Labute approximate surface area is 115 Å². The maximum absolute atomic E-state index is 11.3. The van der Waals surface area contributed by atoms with Gasteiger partial charge in [0.15, 0.2) is 0 Å². The van der Waals surface area contributed by atoms with Crippen LogP contribution in [-0.2, 0) is 9.53 Å². The fourth-order valence-corrected chi connectivity index (χ4v) is 2.53. The molecule has 0 saturated carbocycles. The van der Waals surface area contributed by atoms with Crippen LogP contribution in [0.25, 0.3) is 16.8 Å². The molecule has 0 radical (unpaired) electrons. The second kappa shape index (κ2) is 5.71. The topological polar surface area (TPSA) is 65.0 Å². The van der Waals surface area contributed by atoms with Gasteiger partial charge in [-0.25, -0.2) is 19.7 Å². The van der Waals surface area contributed by atoms with E-state index in [1.807, 2.05) is 13.8 Å². The monoisotopic (exact) mass is 275 g/mol. The highest BCUT2D eigenvalue weighted by molar-refractivity contribution is 7.13. The summed E-state index contributed by atoms with van der Waals surface area (Å²) in [7, 11) is 1.36. The largest absolute Gasteiger partial charge is 0.466 e. The van der Waals surface area contributed by atoms with Crippen LogP contribution >= 0.6 is 11.3 Å². The highest BCUT2D eigenvalue weighted by Crippen LogP contribution is 2.32. The van der Waals surface area contributed by atoms with Gasteiger partial charge in [0.2, 0.25) is 0 Å². The summed E-state index contributed by atoms with van der Waals surface area (Å²) in [4.78, 5) is 24.7. The quantitative estimate of drug-likeness (QED) is 0.636. The fraction of sp³-hybridized carbons (Fsp3) is 0.231. The fourth-order valence-electron chi connectivity index (χ4n) is 1.61. The Morgan fingerprint density at radius 3 is 2.68 bits per heavy atom. The molecule has 0 atom stereocenters. The lowest BCUT2D eigenvalue weighted by Crippen LogP contribution is -1.95. The predicted octanol–water partition coefficient (Wildman–Crippen LogP) is 2.48. The molecule has 0 amide bonds. The van der Waals surface area contributed by atoms with Crippen molar-refractivity contribution in [3.63, 3.8) is 0 Å². The van der Waals surface area contributed by atoms with E-state index in [4.69, 9.17) is 0 Å². The number of aryl methyl sites for hydroxylation is 1. The van der Waals surface area contributed by atoms with Crippen molar-refractivity contribution in [3.8, 4) is 11.3 Å². The molecule has 2 aromatic rings. The summed E-state index contributed by atoms with van der Waals surface area (Å²) in [6.45, 7) is 3.78. The molecule has 0 aliphatic carbocycles. The summed E-state index contributed by atoms with van der Waals surface area (Å²) in [5.41, 5.74) is 2.44. The van der Waals surface area contributed by atoms with Crippen molar-refractivity contribution in [3.05, 3.63) is 34.7 Å². The lowest BCUT2D eigenvalue weighted by Gasteiger charge is -2.01. The van der Waals surface area contributed by atoms with Gasteiger partial charge in [0, 0.05) is 24.0 Å². The Bertz CT molecular complexity index is 620. The zero-order valence-corrected chi connectivity index (χ0v) is 11.7. The Kier molecular flexibility index (Phi) is 4.01. The first kappa shape index (κ1) is 13.4. The van der Waals surface area contributed by atoms with Gasteiger partial charge in [-0.15, -0.1) is 11.3 Å². The molecule has 0 spiro atoms. The van der Waals surface area contributed by atoms with Crippen molar-refractivity contribution in [2.75, 3.05) is 7.11 Å². The number of rotatable bonds is 3. The minimum absolute atomic E-state index is 0.376. The molecule has 19 heavy (non-hydrogen) atoms. The normalized spacial score (nSPS) is 11.4. The number of hydrogen-bond acceptors (Lipinski definition) is 6. The van der Waals surface area contributed by atoms with Gasteiger partial charge in [-0.3, -0.25) is 0 Å². The highest BCUT2D eigenvalue weighted by Gasteiger charge is 2.14. The van der Waals surface area contributed by atoms with Gasteiger partial charge in [-0.1, -0.05) is 0 Å². The van der Waals surface area contributed by atoms with Crippen LogP contribution in [0.2, 0.25) is 0 Å². The van der Waals surface area contributed by atoms with Crippen molar-refractivity contribution in [2.24, 2.45) is 0 Å². The molecule has 0 fully saturated rings. The number of thiazole rings is 1. The molecule has 2 aromatic heterocycles. The first-order valence-corrected chi connectivity index (χ1v) is 6.43. The molecular formula is C13H13N3O2S. The Balaban J connectivity index is 2.48. The lowest BCUT2D eigenvalue weighted by molar-refractivity contribution is -0.134. The van der Waals surface area contributed by atoms with Crippen LogP contribution in [0.5, 0.6) is 0 Å².